The number of aromatic nitrogens is 2. The minimum absolute atomic E-state index is 0.115. The number of para-hydroxylation sites is 2. The van der Waals surface area contributed by atoms with E-state index in [-0.39, 0.29) is 31.0 Å². The number of esters is 1. The van der Waals surface area contributed by atoms with E-state index in [1.807, 2.05) is 40.9 Å². The summed E-state index contributed by atoms with van der Waals surface area (Å²) in [6, 6.07) is 17.8. The van der Waals surface area contributed by atoms with Gasteiger partial charge in [-0.25, -0.2) is 4.79 Å². The molecular weight excluding hydrogens is 382 g/mol. The molecule has 0 fully saturated rings. The van der Waals surface area contributed by atoms with Crippen molar-refractivity contribution >= 4 is 34.1 Å². The SMILES string of the molecule is CCOC(=O)c1cccc(NC(=O)CCn2c(=O)c3cccn3c3ccccc32)c1. The summed E-state index contributed by atoms with van der Waals surface area (Å²) in [6.45, 7) is 2.26. The largest absolute Gasteiger partial charge is 0.462 e. The van der Waals surface area contributed by atoms with Crippen molar-refractivity contribution in [2.24, 2.45) is 0 Å². The van der Waals surface area contributed by atoms with Gasteiger partial charge in [-0.15, -0.1) is 0 Å². The molecular formula is C23H21N3O4. The van der Waals surface area contributed by atoms with Crippen LogP contribution in [0.5, 0.6) is 0 Å². The van der Waals surface area contributed by atoms with Gasteiger partial charge < -0.3 is 19.0 Å². The number of nitrogens with one attached hydrogen (secondary N) is 1. The number of benzene rings is 2. The molecule has 0 saturated carbocycles. The summed E-state index contributed by atoms with van der Waals surface area (Å²) < 4.78 is 8.46. The molecule has 4 rings (SSSR count). The van der Waals surface area contributed by atoms with Crippen LogP contribution in [0.1, 0.15) is 23.7 Å². The van der Waals surface area contributed by atoms with E-state index >= 15 is 0 Å². The summed E-state index contributed by atoms with van der Waals surface area (Å²) in [5, 5.41) is 2.78. The van der Waals surface area contributed by atoms with Crippen molar-refractivity contribution in [1.82, 2.24) is 8.97 Å². The highest BCUT2D eigenvalue weighted by atomic mass is 16.5. The Balaban J connectivity index is 1.54. The van der Waals surface area contributed by atoms with E-state index in [0.717, 1.165) is 11.0 Å². The van der Waals surface area contributed by atoms with E-state index in [4.69, 9.17) is 4.74 Å². The first-order valence-corrected chi connectivity index (χ1v) is 9.74. The van der Waals surface area contributed by atoms with Crippen molar-refractivity contribution in [2.75, 3.05) is 11.9 Å². The number of ether oxygens (including phenoxy) is 1. The lowest BCUT2D eigenvalue weighted by Gasteiger charge is -2.13. The maximum absolute atomic E-state index is 12.9. The van der Waals surface area contributed by atoms with Crippen LogP contribution in [0.2, 0.25) is 0 Å². The number of carbonyl (C=O) groups is 2. The first-order chi connectivity index (χ1) is 14.6. The predicted octanol–water partition coefficient (Wildman–Crippen LogP) is 3.46. The number of hydrogen-bond acceptors (Lipinski definition) is 4. The molecule has 0 bridgehead atoms. The molecule has 0 unspecified atom stereocenters. The van der Waals surface area contributed by atoms with Gasteiger partial charge in [0, 0.05) is 24.8 Å². The highest BCUT2D eigenvalue weighted by molar-refractivity contribution is 5.94. The topological polar surface area (TPSA) is 81.8 Å². The molecule has 1 N–H and O–H groups in total. The molecule has 30 heavy (non-hydrogen) atoms. The van der Waals surface area contributed by atoms with Crippen LogP contribution < -0.4 is 10.9 Å². The first kappa shape index (κ1) is 19.4. The second kappa shape index (κ2) is 8.24. The van der Waals surface area contributed by atoms with E-state index in [1.54, 1.807) is 41.8 Å². The Labute approximate surface area is 172 Å². The van der Waals surface area contributed by atoms with Crippen LogP contribution in [0, 0.1) is 0 Å². The molecule has 2 heterocycles. The Bertz CT molecular complexity index is 1300. The van der Waals surface area contributed by atoms with Crippen LogP contribution in [0.15, 0.2) is 71.7 Å². The predicted molar refractivity (Wildman–Crippen MR) is 115 cm³/mol. The van der Waals surface area contributed by atoms with Crippen LogP contribution in [0.25, 0.3) is 16.6 Å². The zero-order chi connectivity index (χ0) is 21.1. The van der Waals surface area contributed by atoms with Gasteiger partial charge in [0.25, 0.3) is 5.56 Å². The van der Waals surface area contributed by atoms with Crippen molar-refractivity contribution in [3.05, 3.63) is 82.8 Å². The minimum Gasteiger partial charge on any atom is -0.462 e. The number of amides is 1. The van der Waals surface area contributed by atoms with Crippen molar-refractivity contribution in [3.63, 3.8) is 0 Å². The van der Waals surface area contributed by atoms with Crippen LogP contribution in [0.3, 0.4) is 0 Å². The minimum atomic E-state index is -0.438. The molecule has 0 saturated heterocycles. The maximum Gasteiger partial charge on any atom is 0.338 e. The van der Waals surface area contributed by atoms with Gasteiger partial charge in [0.1, 0.15) is 5.52 Å². The maximum atomic E-state index is 12.9. The average Bonchev–Trinajstić information content (AvgIpc) is 3.24. The van der Waals surface area contributed by atoms with Gasteiger partial charge in [-0.2, -0.15) is 0 Å². The summed E-state index contributed by atoms with van der Waals surface area (Å²) in [5.41, 5.74) is 2.97. The lowest BCUT2D eigenvalue weighted by molar-refractivity contribution is -0.116. The molecule has 0 aliphatic carbocycles. The van der Waals surface area contributed by atoms with Gasteiger partial charge in [0.05, 0.1) is 23.2 Å². The average molecular weight is 403 g/mol. The molecule has 7 nitrogen and oxygen atoms in total. The Morgan fingerprint density at radius 1 is 0.967 bits per heavy atom. The van der Waals surface area contributed by atoms with Gasteiger partial charge in [0.15, 0.2) is 0 Å². The van der Waals surface area contributed by atoms with Crippen molar-refractivity contribution in [3.8, 4) is 0 Å². The van der Waals surface area contributed by atoms with Gasteiger partial charge in [-0.1, -0.05) is 18.2 Å². The number of nitrogens with zero attached hydrogens (tertiary/aromatic N) is 2. The zero-order valence-electron chi connectivity index (χ0n) is 16.5. The molecule has 2 aromatic heterocycles. The Morgan fingerprint density at radius 2 is 1.73 bits per heavy atom. The molecule has 2 aromatic carbocycles. The van der Waals surface area contributed by atoms with Crippen LogP contribution >= 0.6 is 0 Å². The third kappa shape index (κ3) is 3.69. The second-order valence-electron chi connectivity index (χ2n) is 6.81. The zero-order valence-corrected chi connectivity index (χ0v) is 16.5. The summed E-state index contributed by atoms with van der Waals surface area (Å²) >= 11 is 0. The van der Waals surface area contributed by atoms with E-state index < -0.39 is 5.97 Å². The van der Waals surface area contributed by atoms with Gasteiger partial charge >= 0.3 is 5.97 Å². The van der Waals surface area contributed by atoms with Gasteiger partial charge in [-0.05, 0) is 49.4 Å². The standard InChI is InChI=1S/C23H21N3O4/c1-2-30-23(29)16-7-5-8-17(15-16)24-21(27)12-14-26-19-10-4-3-9-18(19)25-13-6-11-20(25)22(26)28/h3-11,13,15H,2,12,14H2,1H3,(H,24,27). The van der Waals surface area contributed by atoms with E-state index in [0.29, 0.717) is 16.8 Å². The van der Waals surface area contributed by atoms with Crippen LogP contribution in [-0.4, -0.2) is 27.5 Å². The molecule has 152 valence electrons. The third-order valence-electron chi connectivity index (χ3n) is 4.87. The summed E-state index contributed by atoms with van der Waals surface area (Å²) in [7, 11) is 0. The number of hydrogen-bond donors (Lipinski definition) is 1. The third-order valence-corrected chi connectivity index (χ3v) is 4.87. The summed E-state index contributed by atoms with van der Waals surface area (Å²) in [5.74, 6) is -0.686. The first-order valence-electron chi connectivity index (χ1n) is 9.74. The molecule has 0 aliphatic rings. The molecule has 0 radical (unpaired) electrons. The number of aryl methyl sites for hydroxylation is 1. The van der Waals surface area contributed by atoms with Crippen LogP contribution in [-0.2, 0) is 16.1 Å². The fourth-order valence-electron chi connectivity index (χ4n) is 3.51. The second-order valence-corrected chi connectivity index (χ2v) is 6.81. The highest BCUT2D eigenvalue weighted by Gasteiger charge is 2.12. The van der Waals surface area contributed by atoms with E-state index in [1.165, 1.54) is 0 Å². The van der Waals surface area contributed by atoms with Crippen molar-refractivity contribution < 1.29 is 14.3 Å². The molecule has 0 aliphatic heterocycles. The molecule has 0 spiro atoms. The molecule has 7 heteroatoms. The fraction of sp³-hybridized carbons (Fsp3) is 0.174. The van der Waals surface area contributed by atoms with Gasteiger partial charge in [-0.3, -0.25) is 9.59 Å². The smallest absolute Gasteiger partial charge is 0.338 e. The lowest BCUT2D eigenvalue weighted by atomic mass is 10.2. The monoisotopic (exact) mass is 403 g/mol. The number of carbonyl (C=O) groups excluding carboxylic acids is 2. The Morgan fingerprint density at radius 3 is 2.53 bits per heavy atom. The fourth-order valence-corrected chi connectivity index (χ4v) is 3.51. The normalized spacial score (nSPS) is 11.0. The number of rotatable bonds is 6. The number of anilines is 1. The van der Waals surface area contributed by atoms with Crippen molar-refractivity contribution in [2.45, 2.75) is 19.9 Å². The highest BCUT2D eigenvalue weighted by Crippen LogP contribution is 2.16. The van der Waals surface area contributed by atoms with E-state index in [9.17, 15) is 14.4 Å². The summed E-state index contributed by atoms with van der Waals surface area (Å²) in [6.07, 6.45) is 1.97. The van der Waals surface area contributed by atoms with E-state index in [2.05, 4.69) is 5.32 Å². The molecule has 0 atom stereocenters. The molecule has 4 aromatic rings. The Hall–Kier alpha value is -3.87. The number of fused-ring (bicyclic) bond motifs is 3. The lowest BCUT2D eigenvalue weighted by Crippen LogP contribution is -2.25. The molecule has 1 amide bonds. The Kier molecular flexibility index (Phi) is 5.34. The van der Waals surface area contributed by atoms with Crippen LogP contribution in [0.4, 0.5) is 5.69 Å². The summed E-state index contributed by atoms with van der Waals surface area (Å²) in [4.78, 5) is 37.3. The quantitative estimate of drug-likeness (QED) is 0.500. The van der Waals surface area contributed by atoms with Gasteiger partial charge in [0.2, 0.25) is 5.91 Å². The van der Waals surface area contributed by atoms with Crippen molar-refractivity contribution in [1.29, 1.82) is 0 Å².